The highest BCUT2D eigenvalue weighted by atomic mass is 32.2. The molecule has 0 fully saturated rings. The Balaban J connectivity index is 2.62. The normalized spacial score (nSPS) is 11.1. The Hall–Kier alpha value is -0.320. The second kappa shape index (κ2) is 7.90. The second-order valence-corrected chi connectivity index (χ2v) is 6.45. The first-order valence-corrected chi connectivity index (χ1v) is 7.98. The van der Waals surface area contributed by atoms with Crippen molar-refractivity contribution in [3.05, 3.63) is 16.5 Å². The van der Waals surface area contributed by atoms with Crippen LogP contribution in [0.5, 0.6) is 0 Å². The molecule has 0 bridgehead atoms. The zero-order valence-corrected chi connectivity index (χ0v) is 12.5. The van der Waals surface area contributed by atoms with Gasteiger partial charge in [-0.3, -0.25) is 4.79 Å². The van der Waals surface area contributed by atoms with E-state index < -0.39 is 0 Å². The van der Waals surface area contributed by atoms with Crippen LogP contribution >= 0.6 is 23.1 Å². The number of thioether (sulfide) groups is 1. The number of carbonyl (C=O) groups excluding carboxylic acids is 1. The van der Waals surface area contributed by atoms with Gasteiger partial charge in [-0.25, -0.2) is 0 Å². The number of likely N-dealkylation sites (N-methyl/N-ethyl adjacent to an activating group) is 1. The fraction of sp³-hybridized carbons (Fsp3) is 0.615. The Morgan fingerprint density at radius 3 is 2.59 bits per heavy atom. The van der Waals surface area contributed by atoms with Gasteiger partial charge in [-0.1, -0.05) is 20.8 Å². The van der Waals surface area contributed by atoms with Crippen LogP contribution in [0.25, 0.3) is 0 Å². The Kier molecular flexibility index (Phi) is 6.85. The van der Waals surface area contributed by atoms with Gasteiger partial charge in [0.1, 0.15) is 0 Å². The average molecular weight is 271 g/mol. The summed E-state index contributed by atoms with van der Waals surface area (Å²) in [5, 5.41) is 0. The number of rotatable bonds is 8. The smallest absolute Gasteiger partial charge is 0.152 e. The van der Waals surface area contributed by atoms with Gasteiger partial charge in [-0.2, -0.15) is 0 Å². The second-order valence-electron chi connectivity index (χ2n) is 3.78. The van der Waals surface area contributed by atoms with E-state index in [2.05, 4.69) is 31.7 Å². The highest BCUT2D eigenvalue weighted by molar-refractivity contribution is 8.01. The molecule has 96 valence electrons. The molecule has 0 radical (unpaired) electrons. The van der Waals surface area contributed by atoms with Crippen LogP contribution in [0.2, 0.25) is 0 Å². The molecule has 0 aliphatic rings. The predicted octanol–water partition coefficient (Wildman–Crippen LogP) is 3.56. The highest BCUT2D eigenvalue weighted by Crippen LogP contribution is 2.31. The third-order valence-corrected chi connectivity index (χ3v) is 5.14. The van der Waals surface area contributed by atoms with Crippen molar-refractivity contribution in [1.29, 1.82) is 0 Å². The van der Waals surface area contributed by atoms with E-state index in [0.717, 1.165) is 43.7 Å². The summed E-state index contributed by atoms with van der Waals surface area (Å²) in [5.41, 5.74) is 0.872. The van der Waals surface area contributed by atoms with E-state index >= 15 is 0 Å². The molecule has 1 aromatic heterocycles. The lowest BCUT2D eigenvalue weighted by atomic mass is 10.2. The van der Waals surface area contributed by atoms with Crippen LogP contribution in [-0.4, -0.2) is 36.6 Å². The van der Waals surface area contributed by atoms with Crippen LogP contribution in [0, 0.1) is 0 Å². The SMILES string of the molecule is CCSc1sc(CCN(CC)CC)cc1C=O. The zero-order chi connectivity index (χ0) is 12.7. The quantitative estimate of drug-likeness (QED) is 0.532. The Labute approximate surface area is 112 Å². The maximum absolute atomic E-state index is 10.9. The standard InChI is InChI=1S/C13H21NOS2/c1-4-14(5-2)8-7-12-9-11(10-15)13(17-12)16-6-3/h9-10H,4-8H2,1-3H3. The summed E-state index contributed by atoms with van der Waals surface area (Å²) in [6, 6.07) is 2.05. The molecule has 1 aromatic rings. The molecule has 1 rings (SSSR count). The third kappa shape index (κ3) is 4.45. The lowest BCUT2D eigenvalue weighted by Gasteiger charge is -2.16. The van der Waals surface area contributed by atoms with Crippen molar-refractivity contribution < 1.29 is 4.79 Å². The molecule has 0 atom stereocenters. The van der Waals surface area contributed by atoms with Crippen molar-refractivity contribution in [1.82, 2.24) is 4.90 Å². The third-order valence-electron chi connectivity index (χ3n) is 2.75. The van der Waals surface area contributed by atoms with Gasteiger partial charge in [0.15, 0.2) is 6.29 Å². The van der Waals surface area contributed by atoms with E-state index in [0.29, 0.717) is 0 Å². The van der Waals surface area contributed by atoms with Gasteiger partial charge in [-0.15, -0.1) is 23.1 Å². The molecule has 0 saturated heterocycles. The van der Waals surface area contributed by atoms with Crippen LogP contribution < -0.4 is 0 Å². The molecule has 2 nitrogen and oxygen atoms in total. The van der Waals surface area contributed by atoms with E-state index in [1.165, 1.54) is 9.09 Å². The Bertz CT molecular complexity index is 345. The number of hydrogen-bond acceptors (Lipinski definition) is 4. The van der Waals surface area contributed by atoms with E-state index in [1.807, 2.05) is 0 Å². The number of aldehydes is 1. The van der Waals surface area contributed by atoms with Crippen molar-refractivity contribution in [2.45, 2.75) is 31.4 Å². The van der Waals surface area contributed by atoms with Gasteiger partial charge in [-0.05, 0) is 31.3 Å². The van der Waals surface area contributed by atoms with Crippen LogP contribution in [-0.2, 0) is 6.42 Å². The fourth-order valence-corrected chi connectivity index (χ4v) is 3.99. The van der Waals surface area contributed by atoms with Crippen LogP contribution in [0.15, 0.2) is 10.3 Å². The van der Waals surface area contributed by atoms with Gasteiger partial charge >= 0.3 is 0 Å². The first kappa shape index (κ1) is 14.7. The zero-order valence-electron chi connectivity index (χ0n) is 10.9. The van der Waals surface area contributed by atoms with Gasteiger partial charge in [0, 0.05) is 17.0 Å². The summed E-state index contributed by atoms with van der Waals surface area (Å²) in [4.78, 5) is 14.7. The topological polar surface area (TPSA) is 20.3 Å². The molecular weight excluding hydrogens is 250 g/mol. The van der Waals surface area contributed by atoms with Crippen molar-refractivity contribution in [2.24, 2.45) is 0 Å². The van der Waals surface area contributed by atoms with Crippen molar-refractivity contribution in [2.75, 3.05) is 25.4 Å². The van der Waals surface area contributed by atoms with Gasteiger partial charge in [0.2, 0.25) is 0 Å². The summed E-state index contributed by atoms with van der Waals surface area (Å²) in [6.45, 7) is 9.77. The summed E-state index contributed by atoms with van der Waals surface area (Å²) >= 11 is 3.54. The van der Waals surface area contributed by atoms with Gasteiger partial charge in [0.25, 0.3) is 0 Å². The lowest BCUT2D eigenvalue weighted by molar-refractivity contribution is 0.112. The molecule has 0 unspecified atom stereocenters. The van der Waals surface area contributed by atoms with E-state index in [-0.39, 0.29) is 0 Å². The lowest BCUT2D eigenvalue weighted by Crippen LogP contribution is -2.25. The molecule has 0 saturated carbocycles. The summed E-state index contributed by atoms with van der Waals surface area (Å²) in [7, 11) is 0. The minimum absolute atomic E-state index is 0.872. The first-order valence-electron chi connectivity index (χ1n) is 6.18. The molecule has 0 aliphatic heterocycles. The largest absolute Gasteiger partial charge is 0.304 e. The molecule has 1 heterocycles. The van der Waals surface area contributed by atoms with Crippen molar-refractivity contribution in [3.8, 4) is 0 Å². The van der Waals surface area contributed by atoms with Gasteiger partial charge < -0.3 is 4.90 Å². The molecule has 17 heavy (non-hydrogen) atoms. The molecule has 0 amide bonds. The number of nitrogens with zero attached hydrogens (tertiary/aromatic N) is 1. The number of hydrogen-bond donors (Lipinski definition) is 0. The molecule has 0 aromatic carbocycles. The fourth-order valence-electron chi connectivity index (χ4n) is 1.70. The highest BCUT2D eigenvalue weighted by Gasteiger charge is 2.09. The van der Waals surface area contributed by atoms with Gasteiger partial charge in [0.05, 0.1) is 4.21 Å². The minimum atomic E-state index is 0.872. The molecule has 4 heteroatoms. The van der Waals surface area contributed by atoms with E-state index in [9.17, 15) is 4.79 Å². The Morgan fingerprint density at radius 1 is 1.35 bits per heavy atom. The summed E-state index contributed by atoms with van der Waals surface area (Å²) < 4.78 is 1.18. The minimum Gasteiger partial charge on any atom is -0.304 e. The van der Waals surface area contributed by atoms with Crippen LogP contribution in [0.4, 0.5) is 0 Å². The maximum atomic E-state index is 10.9. The molecule has 0 spiro atoms. The molecule has 0 aliphatic carbocycles. The summed E-state index contributed by atoms with van der Waals surface area (Å²) in [6.07, 6.45) is 2.03. The van der Waals surface area contributed by atoms with E-state index in [1.54, 1.807) is 23.1 Å². The predicted molar refractivity (Wildman–Crippen MR) is 77.6 cm³/mol. The van der Waals surface area contributed by atoms with E-state index in [4.69, 9.17) is 0 Å². The first-order chi connectivity index (χ1) is 8.24. The summed E-state index contributed by atoms with van der Waals surface area (Å²) in [5.74, 6) is 1.02. The van der Waals surface area contributed by atoms with Crippen LogP contribution in [0.3, 0.4) is 0 Å². The molecule has 0 N–H and O–H groups in total. The maximum Gasteiger partial charge on any atom is 0.152 e. The Morgan fingerprint density at radius 2 is 2.06 bits per heavy atom. The molecular formula is C13H21NOS2. The van der Waals surface area contributed by atoms with Crippen molar-refractivity contribution >= 4 is 29.4 Å². The monoisotopic (exact) mass is 271 g/mol. The average Bonchev–Trinajstić information content (AvgIpc) is 2.73. The van der Waals surface area contributed by atoms with Crippen LogP contribution in [0.1, 0.15) is 36.0 Å². The number of thiophene rings is 1. The number of carbonyl (C=O) groups is 1. The van der Waals surface area contributed by atoms with Crippen molar-refractivity contribution in [3.63, 3.8) is 0 Å².